The van der Waals surface area contributed by atoms with E-state index in [1.165, 1.54) is 26.4 Å². The first-order valence-corrected chi connectivity index (χ1v) is 14.2. The van der Waals surface area contributed by atoms with Gasteiger partial charge in [-0.3, -0.25) is 14.3 Å². The van der Waals surface area contributed by atoms with Crippen molar-refractivity contribution >= 4 is 49.0 Å². The Balaban J connectivity index is 1.92. The third-order valence-corrected chi connectivity index (χ3v) is 8.26. The molecule has 1 aliphatic rings. The van der Waals surface area contributed by atoms with Crippen LogP contribution in [0.2, 0.25) is 0 Å². The SMILES string of the molecule is CCNSC(=O)NS(=O)(=O)c1cc2c(cc1OC)OCCC2C(C)NC(=O)c1cc(Br)ccc1OC. The molecule has 0 aromatic heterocycles. The number of nitrogens with one attached hydrogen (secondary N) is 3. The largest absolute Gasteiger partial charge is 0.496 e. The second-order valence-electron chi connectivity index (χ2n) is 7.88. The minimum absolute atomic E-state index is 0.0405. The number of halogens is 1. The van der Waals surface area contributed by atoms with Gasteiger partial charge in [0.2, 0.25) is 0 Å². The van der Waals surface area contributed by atoms with Gasteiger partial charge >= 0.3 is 5.24 Å². The lowest BCUT2D eigenvalue weighted by Crippen LogP contribution is -2.39. The fraction of sp³-hybridized carbons (Fsp3) is 0.391. The highest BCUT2D eigenvalue weighted by molar-refractivity contribution is 9.10. The van der Waals surface area contributed by atoms with Gasteiger partial charge in [0.15, 0.2) is 0 Å². The summed E-state index contributed by atoms with van der Waals surface area (Å²) in [5.41, 5.74) is 0.952. The average molecular weight is 603 g/mol. The summed E-state index contributed by atoms with van der Waals surface area (Å²) in [6.45, 7) is 4.49. The van der Waals surface area contributed by atoms with E-state index in [1.807, 2.05) is 11.6 Å². The molecule has 2 aromatic carbocycles. The van der Waals surface area contributed by atoms with Crippen molar-refractivity contribution in [1.29, 1.82) is 0 Å². The van der Waals surface area contributed by atoms with Crippen LogP contribution in [-0.4, -0.2) is 53.0 Å². The van der Waals surface area contributed by atoms with Crippen LogP contribution in [0.5, 0.6) is 17.2 Å². The standard InChI is InChI=1S/C23H28BrN3O7S2/c1-5-25-35-23(29)27-36(30,31)21-11-16-15(8-9-34-19(16)12-20(21)33-4)13(2)26-22(28)17-10-14(24)6-7-18(17)32-3/h6-7,10-13,15,25H,5,8-9H2,1-4H3,(H,26,28)(H,27,29). The number of benzene rings is 2. The van der Waals surface area contributed by atoms with Crippen molar-refractivity contribution in [3.63, 3.8) is 0 Å². The van der Waals surface area contributed by atoms with Crippen LogP contribution in [0.4, 0.5) is 4.79 Å². The second-order valence-corrected chi connectivity index (χ2v) is 11.3. The molecule has 0 saturated carbocycles. The van der Waals surface area contributed by atoms with E-state index in [-0.39, 0.29) is 28.5 Å². The Kier molecular flexibility index (Phi) is 9.50. The van der Waals surface area contributed by atoms with Gasteiger partial charge in [0.05, 0.1) is 26.4 Å². The molecule has 0 aliphatic carbocycles. The fourth-order valence-corrected chi connectivity index (χ4v) is 6.03. The molecule has 2 unspecified atom stereocenters. The Morgan fingerprint density at radius 2 is 1.92 bits per heavy atom. The minimum atomic E-state index is -4.25. The fourth-order valence-electron chi connectivity index (χ4n) is 3.88. The van der Waals surface area contributed by atoms with Crippen LogP contribution in [-0.2, 0) is 10.0 Å². The Bertz CT molecular complexity index is 1240. The van der Waals surface area contributed by atoms with E-state index in [9.17, 15) is 18.0 Å². The molecule has 0 fully saturated rings. The molecule has 3 N–H and O–H groups in total. The number of hydrogen-bond donors (Lipinski definition) is 3. The lowest BCUT2D eigenvalue weighted by molar-refractivity contribution is 0.0926. The summed E-state index contributed by atoms with van der Waals surface area (Å²) in [6.07, 6.45) is 0.540. The molecule has 1 aliphatic heterocycles. The predicted molar refractivity (Wildman–Crippen MR) is 140 cm³/mol. The van der Waals surface area contributed by atoms with Gasteiger partial charge in [-0.05, 0) is 37.6 Å². The molecular formula is C23H28BrN3O7S2. The second kappa shape index (κ2) is 12.2. The first kappa shape index (κ1) is 28.1. The van der Waals surface area contributed by atoms with Crippen molar-refractivity contribution in [1.82, 2.24) is 14.8 Å². The molecule has 13 heteroatoms. The molecule has 0 bridgehead atoms. The van der Waals surface area contributed by atoms with Crippen LogP contribution < -0.4 is 29.0 Å². The highest BCUT2D eigenvalue weighted by Gasteiger charge is 2.32. The molecular weight excluding hydrogens is 574 g/mol. The van der Waals surface area contributed by atoms with Crippen molar-refractivity contribution in [3.05, 3.63) is 45.9 Å². The normalized spacial score (nSPS) is 15.8. The third-order valence-electron chi connectivity index (χ3n) is 5.57. The topological polar surface area (TPSA) is 132 Å². The summed E-state index contributed by atoms with van der Waals surface area (Å²) in [4.78, 5) is 24.9. The predicted octanol–water partition coefficient (Wildman–Crippen LogP) is 3.81. The summed E-state index contributed by atoms with van der Waals surface area (Å²) in [5, 5.41) is 2.22. The zero-order valence-electron chi connectivity index (χ0n) is 20.2. The van der Waals surface area contributed by atoms with E-state index >= 15 is 0 Å². The number of fused-ring (bicyclic) bond motifs is 1. The molecule has 1 heterocycles. The number of carbonyl (C=O) groups excluding carboxylic acids is 2. The number of amides is 2. The van der Waals surface area contributed by atoms with Gasteiger partial charge in [0, 0.05) is 46.6 Å². The van der Waals surface area contributed by atoms with Gasteiger partial charge in [-0.15, -0.1) is 0 Å². The summed E-state index contributed by atoms with van der Waals surface area (Å²) in [6, 6.07) is 7.69. The van der Waals surface area contributed by atoms with Crippen LogP contribution >= 0.6 is 27.9 Å². The van der Waals surface area contributed by atoms with Crippen LogP contribution in [0, 0.1) is 0 Å². The monoisotopic (exact) mass is 601 g/mol. The van der Waals surface area contributed by atoms with Crippen molar-refractivity contribution in [2.45, 2.75) is 37.1 Å². The summed E-state index contributed by atoms with van der Waals surface area (Å²) >= 11 is 4.02. The molecule has 0 spiro atoms. The smallest absolute Gasteiger partial charge is 0.307 e. The lowest BCUT2D eigenvalue weighted by atomic mass is 9.87. The van der Waals surface area contributed by atoms with E-state index in [0.717, 1.165) is 4.47 Å². The van der Waals surface area contributed by atoms with E-state index in [4.69, 9.17) is 14.2 Å². The van der Waals surface area contributed by atoms with Gasteiger partial charge in [-0.25, -0.2) is 13.1 Å². The molecule has 0 saturated heterocycles. The number of methoxy groups -OCH3 is 2. The zero-order valence-corrected chi connectivity index (χ0v) is 23.4. The molecule has 2 amide bonds. The van der Waals surface area contributed by atoms with Crippen LogP contribution in [0.15, 0.2) is 39.7 Å². The van der Waals surface area contributed by atoms with Crippen molar-refractivity contribution in [3.8, 4) is 17.2 Å². The van der Waals surface area contributed by atoms with Crippen LogP contribution in [0.1, 0.15) is 42.1 Å². The maximum absolute atomic E-state index is 13.1. The number of rotatable bonds is 9. The summed E-state index contributed by atoms with van der Waals surface area (Å²) in [5.74, 6) is 0.333. The van der Waals surface area contributed by atoms with Gasteiger partial charge < -0.3 is 19.5 Å². The minimum Gasteiger partial charge on any atom is -0.496 e. The van der Waals surface area contributed by atoms with Crippen molar-refractivity contribution in [2.24, 2.45) is 0 Å². The first-order valence-electron chi connectivity index (χ1n) is 11.1. The Labute approximate surface area is 223 Å². The van der Waals surface area contributed by atoms with Gasteiger partial charge in [-0.1, -0.05) is 22.9 Å². The number of sulfonamides is 1. The zero-order chi connectivity index (χ0) is 26.5. The van der Waals surface area contributed by atoms with Crippen molar-refractivity contribution in [2.75, 3.05) is 27.4 Å². The summed E-state index contributed by atoms with van der Waals surface area (Å²) in [7, 11) is -1.42. The van der Waals surface area contributed by atoms with Crippen LogP contribution in [0.25, 0.3) is 0 Å². The first-order chi connectivity index (χ1) is 17.1. The Hall–Kier alpha value is -2.48. The number of hydrogen-bond acceptors (Lipinski definition) is 9. The quantitative estimate of drug-likeness (QED) is 0.367. The van der Waals surface area contributed by atoms with Gasteiger partial charge in [-0.2, -0.15) is 0 Å². The van der Waals surface area contributed by atoms with E-state index in [0.29, 0.717) is 54.1 Å². The molecule has 2 aromatic rings. The highest BCUT2D eigenvalue weighted by Crippen LogP contribution is 2.41. The Morgan fingerprint density at radius 3 is 2.58 bits per heavy atom. The maximum Gasteiger partial charge on any atom is 0.307 e. The molecule has 3 rings (SSSR count). The van der Waals surface area contributed by atoms with Crippen LogP contribution in [0.3, 0.4) is 0 Å². The number of carbonyl (C=O) groups is 2. The molecule has 36 heavy (non-hydrogen) atoms. The van der Waals surface area contributed by atoms with Crippen molar-refractivity contribution < 1.29 is 32.2 Å². The van der Waals surface area contributed by atoms with E-state index < -0.39 is 15.3 Å². The molecule has 2 atom stereocenters. The molecule has 0 radical (unpaired) electrons. The molecule has 196 valence electrons. The highest BCUT2D eigenvalue weighted by atomic mass is 79.9. The maximum atomic E-state index is 13.1. The lowest BCUT2D eigenvalue weighted by Gasteiger charge is -2.32. The van der Waals surface area contributed by atoms with Gasteiger partial charge in [0.1, 0.15) is 22.1 Å². The molecule has 10 nitrogen and oxygen atoms in total. The number of ether oxygens (including phenoxy) is 3. The van der Waals surface area contributed by atoms with Gasteiger partial charge in [0.25, 0.3) is 15.9 Å². The van der Waals surface area contributed by atoms with E-state index in [2.05, 4.69) is 26.0 Å². The Morgan fingerprint density at radius 1 is 1.19 bits per heavy atom. The summed E-state index contributed by atoms with van der Waals surface area (Å²) < 4.78 is 47.9. The average Bonchev–Trinajstić information content (AvgIpc) is 2.85. The third kappa shape index (κ3) is 6.44. The van der Waals surface area contributed by atoms with E-state index in [1.54, 1.807) is 25.1 Å².